The van der Waals surface area contributed by atoms with Crippen molar-refractivity contribution in [1.29, 1.82) is 0 Å². The predicted molar refractivity (Wildman–Crippen MR) is 113 cm³/mol. The Morgan fingerprint density at radius 1 is 1.12 bits per heavy atom. The normalized spacial score (nSPS) is 12.0. The summed E-state index contributed by atoms with van der Waals surface area (Å²) in [6, 6.07) is 12.9. The molecule has 0 heterocycles. The largest absolute Gasteiger partial charge is 0.508 e. The van der Waals surface area contributed by atoms with E-state index in [9.17, 15) is 9.50 Å². The molecule has 0 spiro atoms. The number of hydrogen-bond donors (Lipinski definition) is 3. The number of phenolic OH excluding ortho intramolecular Hbond substituents is 1. The lowest BCUT2D eigenvalue weighted by Gasteiger charge is -2.17. The zero-order valence-corrected chi connectivity index (χ0v) is 17.2. The van der Waals surface area contributed by atoms with Gasteiger partial charge in [-0.05, 0) is 55.8 Å². The molecule has 0 saturated carbocycles. The third kappa shape index (κ3) is 7.90. The molecule has 0 aliphatic rings. The average molecular weight is 473 g/mol. The van der Waals surface area contributed by atoms with E-state index in [2.05, 4.69) is 15.6 Å². The summed E-state index contributed by atoms with van der Waals surface area (Å²) in [5, 5.41) is 15.7. The van der Waals surface area contributed by atoms with Crippen molar-refractivity contribution in [2.45, 2.75) is 26.5 Å². The van der Waals surface area contributed by atoms with Crippen LogP contribution in [0.4, 0.5) is 4.39 Å². The van der Waals surface area contributed by atoms with Gasteiger partial charge in [-0.2, -0.15) is 0 Å². The molecule has 3 N–H and O–H groups in total. The minimum atomic E-state index is -0.283. The highest BCUT2D eigenvalue weighted by molar-refractivity contribution is 14.0. The minimum absolute atomic E-state index is 0. The van der Waals surface area contributed by atoms with Crippen LogP contribution in [0.5, 0.6) is 11.5 Å². The molecule has 2 aromatic carbocycles. The maximum absolute atomic E-state index is 12.9. The van der Waals surface area contributed by atoms with Gasteiger partial charge < -0.3 is 20.5 Å². The highest BCUT2D eigenvalue weighted by Gasteiger charge is 2.06. The topological polar surface area (TPSA) is 65.9 Å². The number of nitrogens with zero attached hydrogens (tertiary/aromatic N) is 1. The Labute approximate surface area is 170 Å². The van der Waals surface area contributed by atoms with Gasteiger partial charge in [0, 0.05) is 6.54 Å². The van der Waals surface area contributed by atoms with Crippen molar-refractivity contribution >= 4 is 29.9 Å². The zero-order valence-electron chi connectivity index (χ0n) is 14.9. The Balaban J connectivity index is 0.00000338. The molecule has 1 atom stereocenters. The lowest BCUT2D eigenvalue weighted by molar-refractivity contribution is 0.223. The van der Waals surface area contributed by atoms with Crippen molar-refractivity contribution in [3.05, 3.63) is 59.9 Å². The van der Waals surface area contributed by atoms with Gasteiger partial charge in [0.05, 0.1) is 13.1 Å². The lowest BCUT2D eigenvalue weighted by Crippen LogP contribution is -2.41. The fraction of sp³-hybridized carbons (Fsp3) is 0.316. The first-order chi connectivity index (χ1) is 12.1. The van der Waals surface area contributed by atoms with Gasteiger partial charge >= 0.3 is 0 Å². The molecule has 26 heavy (non-hydrogen) atoms. The molecule has 7 heteroatoms. The Morgan fingerprint density at radius 3 is 2.38 bits per heavy atom. The number of benzene rings is 2. The first kappa shape index (κ1) is 22.0. The Bertz CT molecular complexity index is 678. The minimum Gasteiger partial charge on any atom is -0.508 e. The van der Waals surface area contributed by atoms with Crippen molar-refractivity contribution in [3.63, 3.8) is 0 Å². The van der Waals surface area contributed by atoms with Crippen LogP contribution in [0, 0.1) is 5.82 Å². The molecular formula is C19H25FIN3O2. The van der Waals surface area contributed by atoms with Crippen LogP contribution in [0.2, 0.25) is 0 Å². The van der Waals surface area contributed by atoms with E-state index < -0.39 is 0 Å². The van der Waals surface area contributed by atoms with Gasteiger partial charge in [0.15, 0.2) is 5.96 Å². The third-order valence-electron chi connectivity index (χ3n) is 3.41. The van der Waals surface area contributed by atoms with Crippen LogP contribution in [0.15, 0.2) is 53.5 Å². The highest BCUT2D eigenvalue weighted by Crippen LogP contribution is 2.13. The fourth-order valence-electron chi connectivity index (χ4n) is 2.14. The van der Waals surface area contributed by atoms with Crippen molar-refractivity contribution < 1.29 is 14.2 Å². The number of ether oxygens (including phenoxy) is 1. The summed E-state index contributed by atoms with van der Waals surface area (Å²) >= 11 is 0. The van der Waals surface area contributed by atoms with Gasteiger partial charge in [0.1, 0.15) is 23.4 Å². The molecule has 0 radical (unpaired) electrons. The molecule has 0 bridgehead atoms. The quantitative estimate of drug-likeness (QED) is 0.326. The summed E-state index contributed by atoms with van der Waals surface area (Å²) in [5.74, 6) is 1.27. The summed E-state index contributed by atoms with van der Waals surface area (Å²) in [6.07, 6.45) is -0.108. The van der Waals surface area contributed by atoms with E-state index in [-0.39, 0.29) is 41.6 Å². The van der Waals surface area contributed by atoms with Crippen LogP contribution < -0.4 is 15.4 Å². The Hall–Kier alpha value is -2.03. The molecule has 0 saturated heterocycles. The van der Waals surface area contributed by atoms with Crippen LogP contribution >= 0.6 is 24.0 Å². The molecule has 0 fully saturated rings. The number of phenols is 1. The van der Waals surface area contributed by atoms with Crippen LogP contribution in [0.25, 0.3) is 0 Å². The number of aliphatic imine (C=N–C) groups is 1. The molecule has 0 aromatic heterocycles. The van der Waals surface area contributed by atoms with E-state index >= 15 is 0 Å². The van der Waals surface area contributed by atoms with Crippen LogP contribution in [-0.2, 0) is 6.54 Å². The van der Waals surface area contributed by atoms with Gasteiger partial charge in [-0.25, -0.2) is 9.38 Å². The molecule has 0 aliphatic carbocycles. The Morgan fingerprint density at radius 2 is 1.77 bits per heavy atom. The maximum Gasteiger partial charge on any atom is 0.191 e. The van der Waals surface area contributed by atoms with Crippen molar-refractivity contribution in [1.82, 2.24) is 10.6 Å². The standard InChI is InChI=1S/C19H24FN3O2.HI/c1-3-21-19(23-13-15-4-8-17(24)9-5-15)22-12-14(2)25-18-10-6-16(20)7-11-18;/h4-11,14,24H,3,12-13H2,1-2H3,(H2,21,22,23);1H. The summed E-state index contributed by atoms with van der Waals surface area (Å²) in [4.78, 5) is 4.51. The number of rotatable bonds is 7. The van der Waals surface area contributed by atoms with E-state index in [1.807, 2.05) is 26.0 Å². The number of guanidine groups is 1. The smallest absolute Gasteiger partial charge is 0.191 e. The number of aromatic hydroxyl groups is 1. The third-order valence-corrected chi connectivity index (χ3v) is 3.41. The van der Waals surface area contributed by atoms with Gasteiger partial charge in [0.25, 0.3) is 0 Å². The second-order valence-corrected chi connectivity index (χ2v) is 5.62. The molecule has 2 aromatic rings. The van der Waals surface area contributed by atoms with Crippen LogP contribution in [0.1, 0.15) is 19.4 Å². The van der Waals surface area contributed by atoms with Crippen molar-refractivity contribution in [2.24, 2.45) is 4.99 Å². The first-order valence-electron chi connectivity index (χ1n) is 8.29. The van der Waals surface area contributed by atoms with Gasteiger partial charge in [-0.15, -0.1) is 24.0 Å². The molecule has 142 valence electrons. The van der Waals surface area contributed by atoms with Gasteiger partial charge in [-0.1, -0.05) is 12.1 Å². The predicted octanol–water partition coefficient (Wildman–Crippen LogP) is 3.67. The highest BCUT2D eigenvalue weighted by atomic mass is 127. The maximum atomic E-state index is 12.9. The van der Waals surface area contributed by atoms with E-state index in [4.69, 9.17) is 4.74 Å². The first-order valence-corrected chi connectivity index (χ1v) is 8.29. The van der Waals surface area contributed by atoms with E-state index in [1.54, 1.807) is 24.3 Å². The molecule has 5 nitrogen and oxygen atoms in total. The second-order valence-electron chi connectivity index (χ2n) is 5.62. The van der Waals surface area contributed by atoms with E-state index in [0.29, 0.717) is 24.8 Å². The van der Waals surface area contributed by atoms with E-state index in [0.717, 1.165) is 12.1 Å². The van der Waals surface area contributed by atoms with Gasteiger partial charge in [0.2, 0.25) is 0 Å². The molecule has 1 unspecified atom stereocenters. The van der Waals surface area contributed by atoms with Crippen LogP contribution in [-0.4, -0.2) is 30.3 Å². The fourth-order valence-corrected chi connectivity index (χ4v) is 2.14. The lowest BCUT2D eigenvalue weighted by atomic mass is 10.2. The summed E-state index contributed by atoms with van der Waals surface area (Å²) < 4.78 is 18.6. The van der Waals surface area contributed by atoms with Crippen molar-refractivity contribution in [3.8, 4) is 11.5 Å². The average Bonchev–Trinajstić information content (AvgIpc) is 2.61. The molecule has 2 rings (SSSR count). The summed E-state index contributed by atoms with van der Waals surface area (Å²) in [5.41, 5.74) is 1.01. The monoisotopic (exact) mass is 473 g/mol. The van der Waals surface area contributed by atoms with Crippen molar-refractivity contribution in [2.75, 3.05) is 13.1 Å². The summed E-state index contributed by atoms with van der Waals surface area (Å²) in [6.45, 7) is 5.73. The zero-order chi connectivity index (χ0) is 18.1. The van der Waals surface area contributed by atoms with Crippen LogP contribution in [0.3, 0.4) is 0 Å². The Kier molecular flexibility index (Phi) is 9.79. The van der Waals surface area contributed by atoms with E-state index in [1.165, 1.54) is 12.1 Å². The molecule has 0 amide bonds. The SMILES string of the molecule is CCNC(=NCc1ccc(O)cc1)NCC(C)Oc1ccc(F)cc1.I. The molecular weight excluding hydrogens is 448 g/mol. The number of nitrogens with one attached hydrogen (secondary N) is 2. The summed E-state index contributed by atoms with van der Waals surface area (Å²) in [7, 11) is 0. The number of hydrogen-bond acceptors (Lipinski definition) is 3. The second kappa shape index (κ2) is 11.6. The number of halogens is 2. The molecule has 0 aliphatic heterocycles. The van der Waals surface area contributed by atoms with Gasteiger partial charge in [-0.3, -0.25) is 0 Å².